The van der Waals surface area contributed by atoms with Crippen LogP contribution in [0.5, 0.6) is 0 Å². The van der Waals surface area contributed by atoms with Crippen LogP contribution in [0.15, 0.2) is 12.3 Å². The monoisotopic (exact) mass is 377 g/mol. The van der Waals surface area contributed by atoms with Crippen molar-refractivity contribution in [1.82, 2.24) is 24.5 Å². The maximum atomic E-state index is 12.8. The summed E-state index contributed by atoms with van der Waals surface area (Å²) in [6, 6.07) is 1.96. The third kappa shape index (κ3) is 5.77. The van der Waals surface area contributed by atoms with E-state index in [1.54, 1.807) is 6.20 Å². The van der Waals surface area contributed by atoms with Crippen LogP contribution in [0.2, 0.25) is 0 Å². The molecule has 3 heterocycles. The lowest BCUT2D eigenvalue weighted by Gasteiger charge is -2.39. The van der Waals surface area contributed by atoms with Crippen molar-refractivity contribution in [2.75, 3.05) is 59.5 Å². The summed E-state index contributed by atoms with van der Waals surface area (Å²) in [4.78, 5) is 19.7. The standard InChI is InChI=1S/C20H35N5O2/c1-17-4-6-21-25(17)9-5-20(27)24-14-18(12-19(15-24)16-26)13-23-8-3-7-22(2)10-11-23/h4,6,18-19,26H,3,5,7-16H2,1-2H3/t18-,19+/m0/s1. The number of aryl methyl sites for hydroxylation is 2. The summed E-state index contributed by atoms with van der Waals surface area (Å²) in [5.41, 5.74) is 1.08. The van der Waals surface area contributed by atoms with Crippen LogP contribution in [0.4, 0.5) is 0 Å². The number of likely N-dealkylation sites (tertiary alicyclic amines) is 1. The maximum absolute atomic E-state index is 12.8. The van der Waals surface area contributed by atoms with Crippen LogP contribution in [0.3, 0.4) is 0 Å². The van der Waals surface area contributed by atoms with Gasteiger partial charge in [-0.15, -0.1) is 0 Å². The van der Waals surface area contributed by atoms with E-state index in [4.69, 9.17) is 0 Å². The van der Waals surface area contributed by atoms with Crippen molar-refractivity contribution in [3.8, 4) is 0 Å². The summed E-state index contributed by atoms with van der Waals surface area (Å²) in [7, 11) is 2.19. The zero-order valence-electron chi connectivity index (χ0n) is 16.9. The summed E-state index contributed by atoms with van der Waals surface area (Å²) in [6.07, 6.45) is 4.47. The van der Waals surface area contributed by atoms with Crippen molar-refractivity contribution in [1.29, 1.82) is 0 Å². The Morgan fingerprint density at radius 2 is 2.04 bits per heavy atom. The van der Waals surface area contributed by atoms with Crippen molar-refractivity contribution < 1.29 is 9.90 Å². The first-order valence-corrected chi connectivity index (χ1v) is 10.3. The molecule has 2 aliphatic rings. The molecule has 0 aliphatic carbocycles. The van der Waals surface area contributed by atoms with E-state index >= 15 is 0 Å². The van der Waals surface area contributed by atoms with Crippen LogP contribution in [0.25, 0.3) is 0 Å². The molecule has 2 saturated heterocycles. The van der Waals surface area contributed by atoms with Gasteiger partial charge in [-0.2, -0.15) is 5.10 Å². The van der Waals surface area contributed by atoms with Crippen molar-refractivity contribution in [2.24, 2.45) is 11.8 Å². The Kier molecular flexibility index (Phi) is 7.26. The Bertz CT molecular complexity index is 605. The molecule has 0 unspecified atom stereocenters. The largest absolute Gasteiger partial charge is 0.396 e. The minimum absolute atomic E-state index is 0.168. The number of hydrogen-bond donors (Lipinski definition) is 1. The van der Waals surface area contributed by atoms with Gasteiger partial charge in [0.25, 0.3) is 0 Å². The van der Waals surface area contributed by atoms with Gasteiger partial charge in [-0.25, -0.2) is 0 Å². The van der Waals surface area contributed by atoms with Gasteiger partial charge in [-0.05, 0) is 57.8 Å². The molecular weight excluding hydrogens is 342 g/mol. The molecule has 0 radical (unpaired) electrons. The van der Waals surface area contributed by atoms with Gasteiger partial charge in [-0.3, -0.25) is 9.48 Å². The second-order valence-corrected chi connectivity index (χ2v) is 8.35. The minimum atomic E-state index is 0.168. The molecule has 1 amide bonds. The molecule has 0 bridgehead atoms. The molecule has 3 rings (SSSR count). The summed E-state index contributed by atoms with van der Waals surface area (Å²) >= 11 is 0. The molecule has 1 aromatic rings. The summed E-state index contributed by atoms with van der Waals surface area (Å²) in [6.45, 7) is 9.86. The van der Waals surface area contributed by atoms with E-state index in [0.717, 1.165) is 51.4 Å². The van der Waals surface area contributed by atoms with Gasteiger partial charge in [0.05, 0.1) is 0 Å². The number of aliphatic hydroxyl groups excluding tert-OH is 1. The number of carbonyl (C=O) groups is 1. The van der Waals surface area contributed by atoms with Crippen molar-refractivity contribution in [3.63, 3.8) is 0 Å². The van der Waals surface area contributed by atoms with Gasteiger partial charge in [0.1, 0.15) is 0 Å². The lowest BCUT2D eigenvalue weighted by atomic mass is 9.89. The Balaban J connectivity index is 1.53. The number of likely N-dealkylation sites (N-methyl/N-ethyl adjacent to an activating group) is 1. The topological polar surface area (TPSA) is 64.8 Å². The van der Waals surface area contributed by atoms with Crippen LogP contribution in [0.1, 0.15) is 25.0 Å². The van der Waals surface area contributed by atoms with E-state index in [1.165, 1.54) is 6.42 Å². The average Bonchev–Trinajstić information content (AvgIpc) is 2.97. The zero-order valence-corrected chi connectivity index (χ0v) is 16.9. The van der Waals surface area contributed by atoms with Gasteiger partial charge >= 0.3 is 0 Å². The fourth-order valence-electron chi connectivity index (χ4n) is 4.43. The highest BCUT2D eigenvalue weighted by Gasteiger charge is 2.30. The van der Waals surface area contributed by atoms with Crippen LogP contribution in [-0.4, -0.2) is 95.0 Å². The van der Waals surface area contributed by atoms with Gasteiger partial charge in [0.2, 0.25) is 5.91 Å². The first-order valence-electron chi connectivity index (χ1n) is 10.3. The Morgan fingerprint density at radius 3 is 2.78 bits per heavy atom. The normalized spacial score (nSPS) is 25.5. The number of rotatable bonds is 6. The van der Waals surface area contributed by atoms with E-state index < -0.39 is 0 Å². The Hall–Kier alpha value is -1.44. The average molecular weight is 378 g/mol. The summed E-state index contributed by atoms with van der Waals surface area (Å²) in [5, 5.41) is 14.0. The molecule has 0 saturated carbocycles. The van der Waals surface area contributed by atoms with E-state index in [9.17, 15) is 9.90 Å². The number of piperidine rings is 1. The molecule has 1 N–H and O–H groups in total. The number of nitrogens with zero attached hydrogens (tertiary/aromatic N) is 5. The third-order valence-electron chi connectivity index (χ3n) is 6.03. The molecule has 27 heavy (non-hydrogen) atoms. The number of aliphatic hydroxyl groups is 1. The lowest BCUT2D eigenvalue weighted by molar-refractivity contribution is -0.135. The van der Waals surface area contributed by atoms with Crippen LogP contribution in [-0.2, 0) is 11.3 Å². The third-order valence-corrected chi connectivity index (χ3v) is 6.03. The molecular formula is C20H35N5O2. The van der Waals surface area contributed by atoms with Gasteiger partial charge < -0.3 is 19.8 Å². The van der Waals surface area contributed by atoms with Gasteiger partial charge in [0, 0.05) is 64.2 Å². The van der Waals surface area contributed by atoms with Gasteiger partial charge in [0.15, 0.2) is 0 Å². The molecule has 2 aliphatic heterocycles. The van der Waals surface area contributed by atoms with Gasteiger partial charge in [-0.1, -0.05) is 0 Å². The minimum Gasteiger partial charge on any atom is -0.396 e. The number of carbonyl (C=O) groups excluding carboxylic acids is 1. The van der Waals surface area contributed by atoms with Crippen LogP contribution < -0.4 is 0 Å². The predicted octanol–water partition coefficient (Wildman–Crippen LogP) is 0.676. The molecule has 7 heteroatoms. The second-order valence-electron chi connectivity index (χ2n) is 8.35. The summed E-state index contributed by atoms with van der Waals surface area (Å²) < 4.78 is 1.89. The van der Waals surface area contributed by atoms with Crippen LogP contribution in [0, 0.1) is 18.8 Å². The fourth-order valence-corrected chi connectivity index (χ4v) is 4.43. The Labute approximate surface area is 162 Å². The number of amides is 1. The number of aromatic nitrogens is 2. The van der Waals surface area contributed by atoms with Crippen molar-refractivity contribution in [3.05, 3.63) is 18.0 Å². The molecule has 0 spiro atoms. The molecule has 1 aromatic heterocycles. The smallest absolute Gasteiger partial charge is 0.224 e. The number of hydrogen-bond acceptors (Lipinski definition) is 5. The van der Waals surface area contributed by atoms with E-state index in [-0.39, 0.29) is 18.4 Å². The summed E-state index contributed by atoms with van der Waals surface area (Å²) in [5.74, 6) is 0.840. The predicted molar refractivity (Wildman–Crippen MR) is 105 cm³/mol. The first-order chi connectivity index (χ1) is 13.0. The lowest BCUT2D eigenvalue weighted by Crippen LogP contribution is -2.48. The maximum Gasteiger partial charge on any atom is 0.224 e. The highest BCUT2D eigenvalue weighted by Crippen LogP contribution is 2.24. The quantitative estimate of drug-likeness (QED) is 0.790. The highest BCUT2D eigenvalue weighted by atomic mass is 16.3. The van der Waals surface area contributed by atoms with Crippen molar-refractivity contribution in [2.45, 2.75) is 32.7 Å². The zero-order chi connectivity index (χ0) is 19.2. The van der Waals surface area contributed by atoms with E-state index in [2.05, 4.69) is 21.9 Å². The molecule has 152 valence electrons. The first kappa shape index (κ1) is 20.3. The van der Waals surface area contributed by atoms with E-state index in [0.29, 0.717) is 25.4 Å². The highest BCUT2D eigenvalue weighted by molar-refractivity contribution is 5.76. The fraction of sp³-hybridized carbons (Fsp3) is 0.800. The van der Waals surface area contributed by atoms with E-state index in [1.807, 2.05) is 22.6 Å². The SMILES string of the molecule is Cc1ccnn1CCC(=O)N1C[C@H](CO)C[C@@H](CN2CCCN(C)CC2)C1. The van der Waals surface area contributed by atoms with Crippen LogP contribution >= 0.6 is 0 Å². The molecule has 7 nitrogen and oxygen atoms in total. The molecule has 0 aromatic carbocycles. The molecule has 2 fully saturated rings. The molecule has 2 atom stereocenters. The second kappa shape index (κ2) is 9.66. The van der Waals surface area contributed by atoms with Crippen molar-refractivity contribution >= 4 is 5.91 Å². The Morgan fingerprint density at radius 1 is 1.22 bits per heavy atom.